The summed E-state index contributed by atoms with van der Waals surface area (Å²) in [6.45, 7) is 2.52. The molecule has 2 saturated carbocycles. The van der Waals surface area contributed by atoms with E-state index in [1.165, 1.54) is 19.3 Å². The number of amides is 2. The summed E-state index contributed by atoms with van der Waals surface area (Å²) in [7, 11) is 0. The summed E-state index contributed by atoms with van der Waals surface area (Å²) in [6.07, 6.45) is 10.2. The summed E-state index contributed by atoms with van der Waals surface area (Å²) in [5, 5.41) is 8.65. The van der Waals surface area contributed by atoms with Crippen LogP contribution >= 0.6 is 11.6 Å². The number of aromatic nitrogens is 2. The van der Waals surface area contributed by atoms with Gasteiger partial charge in [-0.3, -0.25) is 14.3 Å². The Hall–Kier alpha value is -2.34. The van der Waals surface area contributed by atoms with Crippen LogP contribution in [0.2, 0.25) is 5.02 Å². The Morgan fingerprint density at radius 2 is 1.82 bits per heavy atom. The number of hydrogen-bond donors (Lipinski definition) is 1. The molecule has 0 bridgehead atoms. The van der Waals surface area contributed by atoms with E-state index in [0.29, 0.717) is 23.2 Å². The lowest BCUT2D eigenvalue weighted by atomic mass is 9.91. The van der Waals surface area contributed by atoms with Gasteiger partial charge >= 0.3 is 0 Å². The van der Waals surface area contributed by atoms with Crippen molar-refractivity contribution in [2.45, 2.75) is 95.3 Å². The first-order valence-electron chi connectivity index (χ1n) is 12.4. The van der Waals surface area contributed by atoms with E-state index in [9.17, 15) is 9.59 Å². The number of benzene rings is 1. The monoisotopic (exact) mass is 468 g/mol. The van der Waals surface area contributed by atoms with Crippen molar-refractivity contribution in [3.05, 3.63) is 52.3 Å². The molecule has 1 aliphatic heterocycles. The largest absolute Gasteiger partial charge is 0.351 e. The molecule has 2 heterocycles. The number of nitrogens with zero attached hydrogens (tertiary/aromatic N) is 3. The summed E-state index contributed by atoms with van der Waals surface area (Å²) in [6, 6.07) is 9.62. The van der Waals surface area contributed by atoms with Crippen molar-refractivity contribution in [2.24, 2.45) is 0 Å². The van der Waals surface area contributed by atoms with Gasteiger partial charge in [-0.1, -0.05) is 61.9 Å². The van der Waals surface area contributed by atoms with Crippen molar-refractivity contribution in [3.63, 3.8) is 0 Å². The molecule has 2 amide bonds. The SMILES string of the molecule is C[C@@]1(C(=O)NC2CCCCCCC2)Cn2nc(C3CC3)cc2C(=O)N1Cc1ccccc1Cl. The van der Waals surface area contributed by atoms with Crippen LogP contribution < -0.4 is 5.32 Å². The maximum absolute atomic E-state index is 13.8. The minimum Gasteiger partial charge on any atom is -0.351 e. The molecule has 1 aromatic heterocycles. The molecule has 2 aromatic rings. The second-order valence-electron chi connectivity index (χ2n) is 10.2. The normalized spacial score (nSPS) is 24.2. The number of rotatable bonds is 5. The highest BCUT2D eigenvalue weighted by Crippen LogP contribution is 2.41. The first-order valence-corrected chi connectivity index (χ1v) is 12.8. The third-order valence-electron chi connectivity index (χ3n) is 7.53. The molecule has 3 aliphatic rings. The van der Waals surface area contributed by atoms with Gasteiger partial charge in [0.2, 0.25) is 5.91 Å². The summed E-state index contributed by atoms with van der Waals surface area (Å²) < 4.78 is 1.76. The highest BCUT2D eigenvalue weighted by molar-refractivity contribution is 6.31. The van der Waals surface area contributed by atoms with E-state index >= 15 is 0 Å². The van der Waals surface area contributed by atoms with Crippen LogP contribution in [0, 0.1) is 0 Å². The van der Waals surface area contributed by atoms with Crippen LogP contribution in [0.15, 0.2) is 30.3 Å². The van der Waals surface area contributed by atoms with Crippen molar-refractivity contribution in [1.29, 1.82) is 0 Å². The maximum Gasteiger partial charge on any atom is 0.273 e. The van der Waals surface area contributed by atoms with Crippen LogP contribution in [0.1, 0.15) is 92.4 Å². The van der Waals surface area contributed by atoms with Gasteiger partial charge in [0, 0.05) is 23.5 Å². The molecule has 5 rings (SSSR count). The quantitative estimate of drug-likeness (QED) is 0.667. The van der Waals surface area contributed by atoms with Crippen molar-refractivity contribution >= 4 is 23.4 Å². The molecule has 0 unspecified atom stereocenters. The van der Waals surface area contributed by atoms with Crippen molar-refractivity contribution in [2.75, 3.05) is 0 Å². The predicted octanol–water partition coefficient (Wildman–Crippen LogP) is 5.06. The molecule has 6 nitrogen and oxygen atoms in total. The molecule has 1 N–H and O–H groups in total. The molecule has 33 heavy (non-hydrogen) atoms. The third kappa shape index (κ3) is 4.54. The standard InChI is InChI=1S/C26H33ClN4O2/c1-26(25(33)28-20-10-5-3-2-4-6-11-20)17-31-23(15-22(29-31)18-13-14-18)24(32)30(26)16-19-9-7-8-12-21(19)27/h7-9,12,15,18,20H,2-6,10-11,13-14,16-17H2,1H3,(H,28,33)/t26-/m0/s1. The lowest BCUT2D eigenvalue weighted by molar-refractivity contribution is -0.134. The molecule has 2 aliphatic carbocycles. The Kier molecular flexibility index (Phi) is 6.21. The lowest BCUT2D eigenvalue weighted by Gasteiger charge is -2.44. The zero-order valence-corrected chi connectivity index (χ0v) is 20.1. The van der Waals surface area contributed by atoms with Gasteiger partial charge < -0.3 is 10.2 Å². The summed E-state index contributed by atoms with van der Waals surface area (Å²) in [4.78, 5) is 29.3. The highest BCUT2D eigenvalue weighted by Gasteiger charge is 2.49. The molecule has 0 spiro atoms. The average molecular weight is 469 g/mol. The second-order valence-corrected chi connectivity index (χ2v) is 10.6. The smallest absolute Gasteiger partial charge is 0.273 e. The summed E-state index contributed by atoms with van der Waals surface area (Å²) >= 11 is 6.45. The van der Waals surface area contributed by atoms with E-state index in [-0.39, 0.29) is 24.4 Å². The van der Waals surface area contributed by atoms with Gasteiger partial charge in [-0.2, -0.15) is 5.10 Å². The predicted molar refractivity (Wildman–Crippen MR) is 128 cm³/mol. The van der Waals surface area contributed by atoms with E-state index in [2.05, 4.69) is 5.32 Å². The number of carbonyl (C=O) groups is 2. The zero-order chi connectivity index (χ0) is 23.0. The number of nitrogens with one attached hydrogen (secondary N) is 1. The van der Waals surface area contributed by atoms with E-state index in [1.54, 1.807) is 9.58 Å². The topological polar surface area (TPSA) is 67.2 Å². The van der Waals surface area contributed by atoms with Gasteiger partial charge in [-0.25, -0.2) is 0 Å². The molecular weight excluding hydrogens is 436 g/mol. The maximum atomic E-state index is 13.8. The van der Waals surface area contributed by atoms with Crippen LogP contribution in [-0.4, -0.2) is 38.1 Å². The van der Waals surface area contributed by atoms with Crippen LogP contribution in [0.5, 0.6) is 0 Å². The van der Waals surface area contributed by atoms with Gasteiger partial charge in [-0.15, -0.1) is 0 Å². The molecule has 0 radical (unpaired) electrons. The lowest BCUT2D eigenvalue weighted by Crippen LogP contribution is -2.64. The fourth-order valence-electron chi connectivity index (χ4n) is 5.23. The minimum absolute atomic E-state index is 0.0948. The first-order chi connectivity index (χ1) is 16.0. The van der Waals surface area contributed by atoms with Crippen LogP contribution in [0.25, 0.3) is 0 Å². The van der Waals surface area contributed by atoms with E-state index in [1.807, 2.05) is 37.3 Å². The molecule has 1 aromatic carbocycles. The Morgan fingerprint density at radius 3 is 2.52 bits per heavy atom. The van der Waals surface area contributed by atoms with E-state index in [4.69, 9.17) is 16.7 Å². The van der Waals surface area contributed by atoms with E-state index in [0.717, 1.165) is 49.8 Å². The van der Waals surface area contributed by atoms with Crippen LogP contribution in [0.3, 0.4) is 0 Å². The zero-order valence-electron chi connectivity index (χ0n) is 19.4. The fraction of sp³-hybridized carbons (Fsp3) is 0.577. The van der Waals surface area contributed by atoms with Crippen molar-refractivity contribution in [3.8, 4) is 0 Å². The number of hydrogen-bond acceptors (Lipinski definition) is 3. The third-order valence-corrected chi connectivity index (χ3v) is 7.90. The molecule has 176 valence electrons. The van der Waals surface area contributed by atoms with Crippen molar-refractivity contribution < 1.29 is 9.59 Å². The molecule has 7 heteroatoms. The average Bonchev–Trinajstić information content (AvgIpc) is 3.54. The Morgan fingerprint density at radius 1 is 1.12 bits per heavy atom. The highest BCUT2D eigenvalue weighted by atomic mass is 35.5. The molecule has 1 atom stereocenters. The Bertz CT molecular complexity index is 1040. The van der Waals surface area contributed by atoms with Gasteiger partial charge in [-0.05, 0) is 50.3 Å². The van der Waals surface area contributed by atoms with Gasteiger partial charge in [0.25, 0.3) is 5.91 Å². The van der Waals surface area contributed by atoms with Gasteiger partial charge in [0.1, 0.15) is 11.2 Å². The first kappa shape index (κ1) is 22.5. The summed E-state index contributed by atoms with van der Waals surface area (Å²) in [5.74, 6) is 0.196. The van der Waals surface area contributed by atoms with Crippen LogP contribution in [-0.2, 0) is 17.9 Å². The van der Waals surface area contributed by atoms with Crippen molar-refractivity contribution in [1.82, 2.24) is 20.0 Å². The Balaban J connectivity index is 1.46. The Labute approximate surface area is 200 Å². The second kappa shape index (κ2) is 9.13. The number of carbonyl (C=O) groups excluding carboxylic acids is 2. The summed E-state index contributed by atoms with van der Waals surface area (Å²) in [5.41, 5.74) is 1.34. The van der Waals surface area contributed by atoms with Crippen LogP contribution in [0.4, 0.5) is 0 Å². The van der Waals surface area contributed by atoms with Gasteiger partial charge in [0.15, 0.2) is 0 Å². The minimum atomic E-state index is -1.04. The molecule has 0 saturated heterocycles. The molecule has 2 fully saturated rings. The molecular formula is C26H33ClN4O2. The fourth-order valence-corrected chi connectivity index (χ4v) is 5.42. The van der Waals surface area contributed by atoms with E-state index < -0.39 is 5.54 Å². The number of halogens is 1. The van der Waals surface area contributed by atoms with Gasteiger partial charge in [0.05, 0.1) is 12.2 Å². The number of fused-ring (bicyclic) bond motifs is 1.